The van der Waals surface area contributed by atoms with Crippen LogP contribution in [0.25, 0.3) is 22.6 Å². The van der Waals surface area contributed by atoms with E-state index in [1.165, 1.54) is 36.0 Å². The van der Waals surface area contributed by atoms with Gasteiger partial charge >= 0.3 is 12.1 Å². The van der Waals surface area contributed by atoms with Gasteiger partial charge in [-0.25, -0.2) is 19.6 Å². The van der Waals surface area contributed by atoms with Crippen LogP contribution in [-0.2, 0) is 28.6 Å². The van der Waals surface area contributed by atoms with Crippen LogP contribution in [0.5, 0.6) is 0 Å². The molecule has 1 aliphatic rings. The highest BCUT2D eigenvalue weighted by Gasteiger charge is 2.57. The number of nitrogens with one attached hydrogen (secondary N) is 2. The molecular formula is C22H19F5N10O2. The standard InChI is InChI=1S/C22H19F5N10O2/c1-20(18(38)30-11-5-8-36(2)34-11)12-14(28)31-16(32-15(12)33-19(20)39)13-10-4-3-7-29-17(10)37(35-13)9-6-21(23,24)22(25,26)27/h3-5,7-8H,6,9H2,1-2H3,(H,30,34,38)(H3,28,31,32,33,39). The summed E-state index contributed by atoms with van der Waals surface area (Å²) in [6.07, 6.45) is -4.39. The first-order valence-corrected chi connectivity index (χ1v) is 11.3. The van der Waals surface area contributed by atoms with Gasteiger partial charge in [0, 0.05) is 38.5 Å². The summed E-state index contributed by atoms with van der Waals surface area (Å²) in [6.45, 7) is 0.518. The van der Waals surface area contributed by atoms with E-state index in [2.05, 4.69) is 35.8 Å². The van der Waals surface area contributed by atoms with Crippen molar-refractivity contribution < 1.29 is 31.5 Å². The first-order chi connectivity index (χ1) is 18.2. The number of hydrogen-bond donors (Lipinski definition) is 3. The molecule has 1 aliphatic heterocycles. The summed E-state index contributed by atoms with van der Waals surface area (Å²) in [5, 5.41) is 13.5. The van der Waals surface area contributed by atoms with E-state index in [4.69, 9.17) is 5.73 Å². The van der Waals surface area contributed by atoms with Crippen molar-refractivity contribution >= 4 is 40.3 Å². The zero-order valence-electron chi connectivity index (χ0n) is 20.2. The summed E-state index contributed by atoms with van der Waals surface area (Å²) in [5.74, 6) is -6.74. The zero-order chi connectivity index (χ0) is 28.3. The van der Waals surface area contributed by atoms with Crippen LogP contribution in [0, 0.1) is 0 Å². The number of fused-ring (bicyclic) bond motifs is 2. The van der Waals surface area contributed by atoms with Crippen LogP contribution in [0.3, 0.4) is 0 Å². The second kappa shape index (κ2) is 8.67. The monoisotopic (exact) mass is 550 g/mol. The number of amides is 2. The molecule has 2 amide bonds. The van der Waals surface area contributed by atoms with Crippen molar-refractivity contribution in [1.82, 2.24) is 34.5 Å². The quantitative estimate of drug-likeness (QED) is 0.244. The van der Waals surface area contributed by atoms with Crippen LogP contribution >= 0.6 is 0 Å². The minimum absolute atomic E-state index is 0.00337. The number of nitrogens with zero attached hydrogens (tertiary/aromatic N) is 7. The van der Waals surface area contributed by atoms with E-state index >= 15 is 0 Å². The van der Waals surface area contributed by atoms with Crippen LogP contribution in [0.4, 0.5) is 39.4 Å². The number of anilines is 3. The van der Waals surface area contributed by atoms with Gasteiger partial charge in [0.15, 0.2) is 22.7 Å². The van der Waals surface area contributed by atoms with Gasteiger partial charge in [-0.05, 0) is 19.1 Å². The van der Waals surface area contributed by atoms with E-state index in [0.717, 1.165) is 4.68 Å². The average molecular weight is 550 g/mol. The predicted molar refractivity (Wildman–Crippen MR) is 126 cm³/mol. The number of nitrogens with two attached hydrogens (primary N) is 1. The maximum Gasteiger partial charge on any atom is 0.453 e. The molecule has 0 saturated heterocycles. The van der Waals surface area contributed by atoms with Crippen LogP contribution in [-0.4, -0.2) is 58.4 Å². The van der Waals surface area contributed by atoms with E-state index in [-0.39, 0.29) is 45.6 Å². The Labute approximate surface area is 215 Å². The fourth-order valence-electron chi connectivity index (χ4n) is 4.17. The Kier molecular flexibility index (Phi) is 5.76. The Hall–Kier alpha value is -4.70. The van der Waals surface area contributed by atoms with Crippen molar-refractivity contribution in [2.45, 2.75) is 37.4 Å². The lowest BCUT2D eigenvalue weighted by Gasteiger charge is -2.21. The number of alkyl halides is 5. The molecule has 1 atom stereocenters. The maximum absolute atomic E-state index is 13.6. The molecule has 4 aromatic heterocycles. The topological polar surface area (TPSA) is 159 Å². The molecule has 5 heterocycles. The molecule has 0 radical (unpaired) electrons. The number of aryl methyl sites for hydroxylation is 2. The number of pyridine rings is 1. The SMILES string of the molecule is Cn1ccc(NC(=O)C2(C)C(=O)Nc3nc(-c4nn(CCC(F)(F)C(F)(F)F)c5ncccc45)nc(N)c32)n1. The molecule has 39 heavy (non-hydrogen) atoms. The molecule has 0 fully saturated rings. The minimum atomic E-state index is -5.72. The van der Waals surface area contributed by atoms with E-state index in [0.29, 0.717) is 0 Å². The van der Waals surface area contributed by atoms with Gasteiger partial charge in [0.2, 0.25) is 11.8 Å². The third kappa shape index (κ3) is 4.18. The van der Waals surface area contributed by atoms with Gasteiger partial charge in [-0.3, -0.25) is 14.3 Å². The number of rotatable bonds is 6. The van der Waals surface area contributed by atoms with Crippen molar-refractivity contribution in [1.29, 1.82) is 0 Å². The Morgan fingerprint density at radius 2 is 1.92 bits per heavy atom. The zero-order valence-corrected chi connectivity index (χ0v) is 20.2. The molecule has 0 bridgehead atoms. The Bertz CT molecular complexity index is 1630. The van der Waals surface area contributed by atoms with Crippen molar-refractivity contribution in [2.75, 3.05) is 16.4 Å². The fourth-order valence-corrected chi connectivity index (χ4v) is 4.17. The molecule has 5 rings (SSSR count). The van der Waals surface area contributed by atoms with Crippen LogP contribution < -0.4 is 16.4 Å². The normalized spacial score (nSPS) is 17.4. The smallest absolute Gasteiger partial charge is 0.383 e. The molecule has 204 valence electrons. The van der Waals surface area contributed by atoms with Crippen LogP contribution in [0.1, 0.15) is 18.9 Å². The average Bonchev–Trinajstić information content (AvgIpc) is 3.51. The molecule has 0 saturated carbocycles. The first-order valence-electron chi connectivity index (χ1n) is 11.3. The van der Waals surface area contributed by atoms with E-state index < -0.39 is 42.3 Å². The number of halogens is 5. The fraction of sp³-hybridized carbons (Fsp3) is 0.318. The molecule has 1 unspecified atom stereocenters. The maximum atomic E-state index is 13.6. The molecule has 0 spiro atoms. The van der Waals surface area contributed by atoms with Gasteiger partial charge in [-0.2, -0.15) is 32.1 Å². The Morgan fingerprint density at radius 3 is 2.59 bits per heavy atom. The third-order valence-corrected chi connectivity index (χ3v) is 6.30. The molecular weight excluding hydrogens is 531 g/mol. The second-order valence-corrected chi connectivity index (χ2v) is 8.96. The highest BCUT2D eigenvalue weighted by Crippen LogP contribution is 2.42. The van der Waals surface area contributed by atoms with E-state index in [1.807, 2.05) is 0 Å². The molecule has 4 aromatic rings. The minimum Gasteiger partial charge on any atom is -0.383 e. The van der Waals surface area contributed by atoms with Gasteiger partial charge in [-0.1, -0.05) is 0 Å². The third-order valence-electron chi connectivity index (χ3n) is 6.30. The molecule has 0 aliphatic carbocycles. The highest BCUT2D eigenvalue weighted by molar-refractivity contribution is 6.23. The van der Waals surface area contributed by atoms with Crippen LogP contribution in [0.2, 0.25) is 0 Å². The van der Waals surface area contributed by atoms with Gasteiger partial charge in [0.05, 0.1) is 10.9 Å². The van der Waals surface area contributed by atoms with Crippen LogP contribution in [0.15, 0.2) is 30.6 Å². The summed E-state index contributed by atoms with van der Waals surface area (Å²) in [5.41, 5.74) is 4.33. The van der Waals surface area contributed by atoms with Crippen molar-refractivity contribution in [3.8, 4) is 11.5 Å². The molecule has 17 heteroatoms. The summed E-state index contributed by atoms with van der Waals surface area (Å²) in [4.78, 5) is 38.6. The summed E-state index contributed by atoms with van der Waals surface area (Å²) in [6, 6.07) is 4.52. The number of nitrogen functional groups attached to an aromatic ring is 1. The van der Waals surface area contributed by atoms with Gasteiger partial charge in [0.25, 0.3) is 0 Å². The first kappa shape index (κ1) is 25.9. The van der Waals surface area contributed by atoms with Crippen molar-refractivity contribution in [3.05, 3.63) is 36.2 Å². The van der Waals surface area contributed by atoms with E-state index in [9.17, 15) is 31.5 Å². The summed E-state index contributed by atoms with van der Waals surface area (Å²) in [7, 11) is 1.64. The number of carbonyl (C=O) groups excluding carboxylic acids is 2. The Morgan fingerprint density at radius 1 is 1.18 bits per heavy atom. The number of hydrogen-bond acceptors (Lipinski definition) is 8. The lowest BCUT2D eigenvalue weighted by atomic mass is 9.83. The summed E-state index contributed by atoms with van der Waals surface area (Å²) < 4.78 is 67.5. The number of carbonyl (C=O) groups is 2. The molecule has 12 nitrogen and oxygen atoms in total. The lowest BCUT2D eigenvalue weighted by Crippen LogP contribution is -2.44. The second-order valence-electron chi connectivity index (χ2n) is 8.96. The number of aromatic nitrogens is 7. The van der Waals surface area contributed by atoms with Crippen molar-refractivity contribution in [3.63, 3.8) is 0 Å². The largest absolute Gasteiger partial charge is 0.453 e. The highest BCUT2D eigenvalue weighted by atomic mass is 19.4. The molecule has 4 N–H and O–H groups in total. The van der Waals surface area contributed by atoms with Crippen molar-refractivity contribution in [2.24, 2.45) is 7.05 Å². The van der Waals surface area contributed by atoms with E-state index in [1.54, 1.807) is 13.2 Å². The Balaban J connectivity index is 1.52. The summed E-state index contributed by atoms with van der Waals surface area (Å²) >= 11 is 0. The van der Waals surface area contributed by atoms with Gasteiger partial charge < -0.3 is 16.4 Å². The van der Waals surface area contributed by atoms with Gasteiger partial charge in [-0.15, -0.1) is 0 Å². The lowest BCUT2D eigenvalue weighted by molar-refractivity contribution is -0.285. The molecule has 0 aromatic carbocycles. The van der Waals surface area contributed by atoms with Gasteiger partial charge in [0.1, 0.15) is 17.3 Å². The predicted octanol–water partition coefficient (Wildman–Crippen LogP) is 2.64.